The number of nitro groups is 1. The van der Waals surface area contributed by atoms with Gasteiger partial charge in [-0.3, -0.25) is 14.9 Å². The average Bonchev–Trinajstić information content (AvgIpc) is 2.78. The summed E-state index contributed by atoms with van der Waals surface area (Å²) in [6, 6.07) is 9.13. The fourth-order valence-electron chi connectivity index (χ4n) is 3.61. The van der Waals surface area contributed by atoms with Crippen LogP contribution in [0.5, 0.6) is 5.75 Å². The van der Waals surface area contributed by atoms with E-state index < -0.39 is 26.8 Å². The molecule has 1 fully saturated rings. The molecule has 32 heavy (non-hydrogen) atoms. The molecular formula is C22H26N2O7S. The topological polar surface area (TPSA) is 116 Å². The standard InChI is InChI=1S/C22H26N2O7S/c1-15-4-6-20(12-16(15)2)32(28,29)23-10-8-17(9-11-23)22(25)31-14-18-13-19(24(26)27)5-7-21(18)30-3/h4-7,12-13,17H,8-11,14H2,1-3H3. The van der Waals surface area contributed by atoms with E-state index in [9.17, 15) is 23.3 Å². The first-order chi connectivity index (χ1) is 15.1. The molecule has 3 rings (SSSR count). The highest BCUT2D eigenvalue weighted by Crippen LogP contribution is 2.28. The third kappa shape index (κ3) is 5.08. The number of non-ortho nitro benzene ring substituents is 1. The lowest BCUT2D eigenvalue weighted by Gasteiger charge is -2.30. The van der Waals surface area contributed by atoms with E-state index in [-0.39, 0.29) is 30.3 Å². The zero-order valence-electron chi connectivity index (χ0n) is 18.2. The molecule has 0 unspecified atom stereocenters. The van der Waals surface area contributed by atoms with Gasteiger partial charge in [-0.25, -0.2) is 8.42 Å². The molecule has 2 aromatic carbocycles. The summed E-state index contributed by atoms with van der Waals surface area (Å²) in [5.41, 5.74) is 2.19. The molecule has 0 amide bonds. The van der Waals surface area contributed by atoms with Crippen LogP contribution < -0.4 is 4.74 Å². The van der Waals surface area contributed by atoms with Gasteiger partial charge in [0.2, 0.25) is 10.0 Å². The average molecular weight is 463 g/mol. The Morgan fingerprint density at radius 2 is 1.81 bits per heavy atom. The number of esters is 1. The lowest BCUT2D eigenvalue weighted by atomic mass is 9.98. The number of sulfonamides is 1. The summed E-state index contributed by atoms with van der Waals surface area (Å²) < 4.78 is 37.8. The predicted octanol–water partition coefficient (Wildman–Crippen LogP) is 3.36. The summed E-state index contributed by atoms with van der Waals surface area (Å²) in [7, 11) is -2.20. The zero-order valence-corrected chi connectivity index (χ0v) is 19.1. The number of rotatable bonds is 7. The molecule has 1 saturated heterocycles. The van der Waals surface area contributed by atoms with E-state index in [1.54, 1.807) is 18.2 Å². The van der Waals surface area contributed by atoms with Gasteiger partial charge in [-0.05, 0) is 56.0 Å². The first kappa shape index (κ1) is 23.7. The van der Waals surface area contributed by atoms with Crippen LogP contribution in [0.1, 0.15) is 29.5 Å². The van der Waals surface area contributed by atoms with Gasteiger partial charge in [-0.1, -0.05) is 6.07 Å². The molecule has 1 heterocycles. The van der Waals surface area contributed by atoms with Crippen molar-refractivity contribution in [2.45, 2.75) is 38.2 Å². The third-order valence-electron chi connectivity index (χ3n) is 5.75. The van der Waals surface area contributed by atoms with Crippen molar-refractivity contribution in [1.82, 2.24) is 4.31 Å². The molecular weight excluding hydrogens is 436 g/mol. The SMILES string of the molecule is COc1ccc([N+](=O)[O-])cc1COC(=O)C1CCN(S(=O)(=O)c2ccc(C)c(C)c2)CC1. The van der Waals surface area contributed by atoms with E-state index in [0.29, 0.717) is 24.2 Å². The van der Waals surface area contributed by atoms with Crippen molar-refractivity contribution >= 4 is 21.7 Å². The molecule has 0 N–H and O–H groups in total. The molecule has 0 bridgehead atoms. The third-order valence-corrected chi connectivity index (χ3v) is 7.64. The van der Waals surface area contributed by atoms with Crippen LogP contribution in [0.25, 0.3) is 0 Å². The van der Waals surface area contributed by atoms with E-state index in [2.05, 4.69) is 0 Å². The zero-order chi connectivity index (χ0) is 23.5. The van der Waals surface area contributed by atoms with Crippen LogP contribution in [0.4, 0.5) is 5.69 Å². The molecule has 10 heteroatoms. The Morgan fingerprint density at radius 1 is 1.12 bits per heavy atom. The second-order valence-corrected chi connectivity index (χ2v) is 9.72. The van der Waals surface area contributed by atoms with Crippen LogP contribution in [-0.2, 0) is 26.2 Å². The maximum atomic E-state index is 12.9. The summed E-state index contributed by atoms with van der Waals surface area (Å²) in [6.07, 6.45) is 0.684. The largest absolute Gasteiger partial charge is 0.496 e. The highest BCUT2D eigenvalue weighted by molar-refractivity contribution is 7.89. The second kappa shape index (κ2) is 9.66. The lowest BCUT2D eigenvalue weighted by molar-refractivity contribution is -0.385. The number of ether oxygens (including phenoxy) is 2. The first-order valence-corrected chi connectivity index (χ1v) is 11.6. The number of hydrogen-bond donors (Lipinski definition) is 0. The van der Waals surface area contributed by atoms with E-state index in [4.69, 9.17) is 9.47 Å². The quantitative estimate of drug-likeness (QED) is 0.352. The van der Waals surface area contributed by atoms with Crippen LogP contribution in [0.2, 0.25) is 0 Å². The first-order valence-electron chi connectivity index (χ1n) is 10.2. The van der Waals surface area contributed by atoms with Crippen molar-refractivity contribution < 1.29 is 27.6 Å². The maximum Gasteiger partial charge on any atom is 0.309 e. The van der Waals surface area contributed by atoms with E-state index in [0.717, 1.165) is 11.1 Å². The van der Waals surface area contributed by atoms with E-state index in [1.165, 1.54) is 29.6 Å². The minimum atomic E-state index is -3.63. The van der Waals surface area contributed by atoms with Gasteiger partial charge in [-0.15, -0.1) is 0 Å². The normalized spacial score (nSPS) is 15.3. The Balaban J connectivity index is 1.61. The predicted molar refractivity (Wildman–Crippen MR) is 117 cm³/mol. The number of piperidine rings is 1. The van der Waals surface area contributed by atoms with Crippen molar-refractivity contribution in [3.63, 3.8) is 0 Å². The van der Waals surface area contributed by atoms with Crippen molar-refractivity contribution in [2.24, 2.45) is 5.92 Å². The number of hydrogen-bond acceptors (Lipinski definition) is 7. The Bertz CT molecular complexity index is 1120. The maximum absolute atomic E-state index is 12.9. The van der Waals surface area contributed by atoms with Gasteiger partial charge in [-0.2, -0.15) is 4.31 Å². The number of nitro benzene ring substituents is 1. The number of carbonyl (C=O) groups excluding carboxylic acids is 1. The molecule has 0 atom stereocenters. The van der Waals surface area contributed by atoms with Gasteiger partial charge in [0.05, 0.1) is 22.8 Å². The Hall–Kier alpha value is -2.98. The number of nitrogens with zero attached hydrogens (tertiary/aromatic N) is 2. The van der Waals surface area contributed by atoms with E-state index in [1.807, 2.05) is 13.8 Å². The number of aryl methyl sites for hydroxylation is 2. The molecule has 0 aliphatic carbocycles. The molecule has 0 spiro atoms. The minimum absolute atomic E-state index is 0.123. The Morgan fingerprint density at radius 3 is 2.41 bits per heavy atom. The van der Waals surface area contributed by atoms with Gasteiger partial charge in [0.25, 0.3) is 5.69 Å². The molecule has 9 nitrogen and oxygen atoms in total. The monoisotopic (exact) mass is 462 g/mol. The smallest absolute Gasteiger partial charge is 0.309 e. The molecule has 0 aromatic heterocycles. The van der Waals surface area contributed by atoms with Gasteiger partial charge in [0, 0.05) is 30.8 Å². The van der Waals surface area contributed by atoms with Crippen LogP contribution >= 0.6 is 0 Å². The van der Waals surface area contributed by atoms with Gasteiger partial charge in [0.15, 0.2) is 0 Å². The molecule has 1 aliphatic heterocycles. The summed E-state index contributed by atoms with van der Waals surface area (Å²) >= 11 is 0. The number of benzene rings is 2. The molecule has 1 aliphatic rings. The summed E-state index contributed by atoms with van der Waals surface area (Å²) in [6.45, 7) is 4.06. The molecule has 172 valence electrons. The fourth-order valence-corrected chi connectivity index (χ4v) is 5.17. The second-order valence-electron chi connectivity index (χ2n) is 7.79. The van der Waals surface area contributed by atoms with Crippen LogP contribution in [0, 0.1) is 29.9 Å². The van der Waals surface area contributed by atoms with Crippen LogP contribution in [0.3, 0.4) is 0 Å². The van der Waals surface area contributed by atoms with Crippen molar-refractivity contribution in [3.05, 3.63) is 63.2 Å². The Labute approximate surface area is 187 Å². The molecule has 2 aromatic rings. The van der Waals surface area contributed by atoms with E-state index >= 15 is 0 Å². The summed E-state index contributed by atoms with van der Waals surface area (Å²) in [5, 5.41) is 11.0. The minimum Gasteiger partial charge on any atom is -0.496 e. The molecule has 0 radical (unpaired) electrons. The fraction of sp³-hybridized carbons (Fsp3) is 0.409. The molecule has 0 saturated carbocycles. The number of carbonyl (C=O) groups is 1. The van der Waals surface area contributed by atoms with Crippen molar-refractivity contribution in [1.29, 1.82) is 0 Å². The van der Waals surface area contributed by atoms with Crippen LogP contribution in [0.15, 0.2) is 41.3 Å². The van der Waals surface area contributed by atoms with Crippen molar-refractivity contribution in [3.8, 4) is 5.75 Å². The summed E-state index contributed by atoms with van der Waals surface area (Å²) in [5.74, 6) is -0.509. The Kier molecular flexibility index (Phi) is 7.15. The number of methoxy groups -OCH3 is 1. The van der Waals surface area contributed by atoms with Gasteiger partial charge < -0.3 is 9.47 Å². The highest BCUT2D eigenvalue weighted by Gasteiger charge is 2.33. The van der Waals surface area contributed by atoms with Gasteiger partial charge in [0.1, 0.15) is 12.4 Å². The highest BCUT2D eigenvalue weighted by atomic mass is 32.2. The van der Waals surface area contributed by atoms with Crippen LogP contribution in [-0.4, -0.2) is 43.8 Å². The lowest BCUT2D eigenvalue weighted by Crippen LogP contribution is -2.40. The summed E-state index contributed by atoms with van der Waals surface area (Å²) in [4.78, 5) is 23.2. The van der Waals surface area contributed by atoms with Crippen molar-refractivity contribution in [2.75, 3.05) is 20.2 Å². The van der Waals surface area contributed by atoms with Gasteiger partial charge >= 0.3 is 5.97 Å².